The molecule has 1 unspecified atom stereocenters. The second-order valence-electron chi connectivity index (χ2n) is 3.62. The number of hydrogen-bond donors (Lipinski definition) is 1. The molecule has 18 heavy (non-hydrogen) atoms. The Bertz CT molecular complexity index is 524. The Labute approximate surface area is 104 Å². The summed E-state index contributed by atoms with van der Waals surface area (Å²) in [6.45, 7) is 0. The predicted octanol–water partition coefficient (Wildman–Crippen LogP) is 0.309. The average Bonchev–Trinajstić information content (AvgIpc) is 2.79. The maximum atomic E-state index is 10.3. The van der Waals surface area contributed by atoms with Crippen molar-refractivity contribution in [1.82, 2.24) is 20.0 Å². The highest BCUT2D eigenvalue weighted by atomic mass is 16.5. The van der Waals surface area contributed by atoms with Crippen LogP contribution >= 0.6 is 0 Å². The van der Waals surface area contributed by atoms with Crippen molar-refractivity contribution in [2.45, 2.75) is 6.10 Å². The average molecular weight is 250 g/mol. The maximum absolute atomic E-state index is 10.3. The smallest absolute Gasteiger partial charge is 0.233 e. The molecule has 0 amide bonds. The first kappa shape index (κ1) is 12.3. The van der Waals surface area contributed by atoms with E-state index in [2.05, 4.69) is 15.3 Å². The van der Waals surface area contributed by atoms with Crippen molar-refractivity contribution < 1.29 is 14.6 Å². The van der Waals surface area contributed by atoms with E-state index >= 15 is 0 Å². The number of ether oxygens (including phenoxy) is 2. The van der Waals surface area contributed by atoms with Crippen LogP contribution in [-0.4, -0.2) is 39.3 Å². The number of aliphatic hydroxyl groups is 1. The summed E-state index contributed by atoms with van der Waals surface area (Å²) in [6.07, 6.45) is 0.584. The lowest BCUT2D eigenvalue weighted by Gasteiger charge is -2.12. The van der Waals surface area contributed by atoms with Gasteiger partial charge in [0.15, 0.2) is 5.75 Å². The van der Waals surface area contributed by atoms with Crippen LogP contribution in [0.2, 0.25) is 0 Å². The zero-order valence-electron chi connectivity index (χ0n) is 10.4. The van der Waals surface area contributed by atoms with E-state index in [-0.39, 0.29) is 0 Å². The SMILES string of the molecule is COc1ccc(C(O)c2c(OC)cnn2C)nn1. The molecule has 7 heteroatoms. The van der Waals surface area contributed by atoms with E-state index in [0.29, 0.717) is 23.0 Å². The molecule has 0 saturated carbocycles. The van der Waals surface area contributed by atoms with Crippen molar-refractivity contribution >= 4 is 0 Å². The minimum absolute atomic E-state index is 0.392. The van der Waals surface area contributed by atoms with Gasteiger partial charge in [-0.1, -0.05) is 0 Å². The van der Waals surface area contributed by atoms with Gasteiger partial charge in [-0.15, -0.1) is 10.2 Å². The molecule has 0 aliphatic rings. The van der Waals surface area contributed by atoms with Gasteiger partial charge in [0.1, 0.15) is 11.8 Å². The van der Waals surface area contributed by atoms with E-state index in [1.54, 1.807) is 19.2 Å². The van der Waals surface area contributed by atoms with Crippen LogP contribution in [-0.2, 0) is 7.05 Å². The van der Waals surface area contributed by atoms with Gasteiger partial charge in [-0.05, 0) is 6.07 Å². The van der Waals surface area contributed by atoms with Crippen LogP contribution in [0.15, 0.2) is 18.3 Å². The van der Waals surface area contributed by atoms with Gasteiger partial charge in [0, 0.05) is 13.1 Å². The molecule has 0 aliphatic carbocycles. The highest BCUT2D eigenvalue weighted by Gasteiger charge is 2.21. The number of methoxy groups -OCH3 is 2. The van der Waals surface area contributed by atoms with E-state index < -0.39 is 6.10 Å². The van der Waals surface area contributed by atoms with Gasteiger partial charge in [-0.2, -0.15) is 5.10 Å². The normalized spacial score (nSPS) is 12.2. The molecule has 1 atom stereocenters. The fraction of sp³-hybridized carbons (Fsp3) is 0.364. The minimum atomic E-state index is -0.953. The summed E-state index contributed by atoms with van der Waals surface area (Å²) >= 11 is 0. The van der Waals surface area contributed by atoms with Crippen LogP contribution in [0, 0.1) is 0 Å². The summed E-state index contributed by atoms with van der Waals surface area (Å²) < 4.78 is 11.6. The molecular formula is C11H14N4O3. The van der Waals surface area contributed by atoms with Gasteiger partial charge < -0.3 is 14.6 Å². The topological polar surface area (TPSA) is 82.3 Å². The first-order valence-corrected chi connectivity index (χ1v) is 5.29. The quantitative estimate of drug-likeness (QED) is 0.841. The Kier molecular flexibility index (Phi) is 3.42. The van der Waals surface area contributed by atoms with E-state index in [1.165, 1.54) is 25.1 Å². The fourth-order valence-corrected chi connectivity index (χ4v) is 1.62. The van der Waals surface area contributed by atoms with Crippen LogP contribution < -0.4 is 9.47 Å². The molecule has 0 saturated heterocycles. The first-order valence-electron chi connectivity index (χ1n) is 5.29. The number of aliphatic hydroxyl groups excluding tert-OH is 1. The number of hydrogen-bond acceptors (Lipinski definition) is 6. The second kappa shape index (κ2) is 5.01. The summed E-state index contributed by atoms with van der Waals surface area (Å²) in [5.41, 5.74) is 0.926. The third-order valence-electron chi connectivity index (χ3n) is 2.58. The van der Waals surface area contributed by atoms with Crippen LogP contribution in [0.4, 0.5) is 0 Å². The van der Waals surface area contributed by atoms with E-state index in [1.807, 2.05) is 0 Å². The highest BCUT2D eigenvalue weighted by Crippen LogP contribution is 2.28. The summed E-state index contributed by atoms with van der Waals surface area (Å²) in [5, 5.41) is 22.0. The summed E-state index contributed by atoms with van der Waals surface area (Å²) in [4.78, 5) is 0. The first-order chi connectivity index (χ1) is 8.67. The molecule has 2 aromatic rings. The monoisotopic (exact) mass is 250 g/mol. The van der Waals surface area contributed by atoms with Crippen LogP contribution in [0.25, 0.3) is 0 Å². The maximum Gasteiger partial charge on any atom is 0.233 e. The molecule has 2 heterocycles. The van der Waals surface area contributed by atoms with E-state index in [9.17, 15) is 5.11 Å². The zero-order valence-corrected chi connectivity index (χ0v) is 10.4. The minimum Gasteiger partial charge on any atom is -0.493 e. The van der Waals surface area contributed by atoms with E-state index in [4.69, 9.17) is 9.47 Å². The summed E-state index contributed by atoms with van der Waals surface area (Å²) in [5.74, 6) is 0.894. The molecular weight excluding hydrogens is 236 g/mol. The predicted molar refractivity (Wildman–Crippen MR) is 62.4 cm³/mol. The summed E-state index contributed by atoms with van der Waals surface area (Å²) in [6, 6.07) is 3.28. The lowest BCUT2D eigenvalue weighted by molar-refractivity contribution is 0.198. The molecule has 96 valence electrons. The largest absolute Gasteiger partial charge is 0.493 e. The number of aryl methyl sites for hydroxylation is 1. The standard InChI is InChI=1S/C11H14N4O3/c1-15-10(8(17-2)6-12-15)11(16)7-4-5-9(18-3)14-13-7/h4-6,11,16H,1-3H3. The van der Waals surface area contributed by atoms with Gasteiger partial charge in [0.2, 0.25) is 5.88 Å². The summed E-state index contributed by atoms with van der Waals surface area (Å²) in [7, 11) is 4.75. The third-order valence-corrected chi connectivity index (χ3v) is 2.58. The van der Waals surface area contributed by atoms with Crippen molar-refractivity contribution in [2.75, 3.05) is 14.2 Å². The van der Waals surface area contributed by atoms with Crippen molar-refractivity contribution in [2.24, 2.45) is 7.05 Å². The van der Waals surface area contributed by atoms with Gasteiger partial charge in [-0.25, -0.2) is 0 Å². The highest BCUT2D eigenvalue weighted by molar-refractivity contribution is 5.32. The Morgan fingerprint density at radius 2 is 2.00 bits per heavy atom. The Balaban J connectivity index is 2.34. The van der Waals surface area contributed by atoms with Gasteiger partial charge in [0.25, 0.3) is 0 Å². The lowest BCUT2D eigenvalue weighted by atomic mass is 10.1. The zero-order chi connectivity index (χ0) is 13.1. The van der Waals surface area contributed by atoms with Gasteiger partial charge in [0.05, 0.1) is 26.1 Å². The van der Waals surface area contributed by atoms with Gasteiger partial charge >= 0.3 is 0 Å². The molecule has 1 N–H and O–H groups in total. The Hall–Kier alpha value is -2.15. The Morgan fingerprint density at radius 1 is 1.22 bits per heavy atom. The van der Waals surface area contributed by atoms with Crippen LogP contribution in [0.5, 0.6) is 11.6 Å². The van der Waals surface area contributed by atoms with Crippen LogP contribution in [0.1, 0.15) is 17.5 Å². The molecule has 0 radical (unpaired) electrons. The number of rotatable bonds is 4. The van der Waals surface area contributed by atoms with Crippen molar-refractivity contribution in [3.05, 3.63) is 29.7 Å². The third kappa shape index (κ3) is 2.12. The second-order valence-corrected chi connectivity index (χ2v) is 3.62. The molecule has 0 bridgehead atoms. The van der Waals surface area contributed by atoms with Crippen molar-refractivity contribution in [1.29, 1.82) is 0 Å². The fourth-order valence-electron chi connectivity index (χ4n) is 1.62. The van der Waals surface area contributed by atoms with E-state index in [0.717, 1.165) is 0 Å². The molecule has 0 aromatic carbocycles. The molecule has 0 aliphatic heterocycles. The van der Waals surface area contributed by atoms with Gasteiger partial charge in [-0.3, -0.25) is 4.68 Å². The van der Waals surface area contributed by atoms with Crippen molar-refractivity contribution in [3.63, 3.8) is 0 Å². The molecule has 7 nitrogen and oxygen atoms in total. The van der Waals surface area contributed by atoms with Crippen molar-refractivity contribution in [3.8, 4) is 11.6 Å². The number of nitrogens with zero attached hydrogens (tertiary/aromatic N) is 4. The molecule has 2 rings (SSSR count). The number of aromatic nitrogens is 4. The molecule has 0 spiro atoms. The van der Waals surface area contributed by atoms with Crippen LogP contribution in [0.3, 0.4) is 0 Å². The Morgan fingerprint density at radius 3 is 2.56 bits per heavy atom. The molecule has 2 aromatic heterocycles. The lowest BCUT2D eigenvalue weighted by Crippen LogP contribution is -2.10. The molecule has 0 fully saturated rings.